The van der Waals surface area contributed by atoms with Crippen LogP contribution in [0.25, 0.3) is 0 Å². The van der Waals surface area contributed by atoms with Crippen LogP contribution in [0.5, 0.6) is 0 Å². The Morgan fingerprint density at radius 3 is 2.27 bits per heavy atom. The number of carbonyl (C=O) groups is 1. The lowest BCUT2D eigenvalue weighted by Crippen LogP contribution is -2.37. The number of carboxylic acid groups (broad SMARTS) is 1. The number of carboxylic acids is 1. The van der Waals surface area contributed by atoms with E-state index < -0.39 is 5.97 Å². The molecule has 0 aliphatic carbocycles. The van der Waals surface area contributed by atoms with Gasteiger partial charge in [0.2, 0.25) is 0 Å². The summed E-state index contributed by atoms with van der Waals surface area (Å²) in [4.78, 5) is 12.8. The first-order valence-corrected chi connectivity index (χ1v) is 5.92. The van der Waals surface area contributed by atoms with Crippen LogP contribution in [0.2, 0.25) is 0 Å². The van der Waals surface area contributed by atoms with E-state index in [0.29, 0.717) is 5.92 Å². The molecule has 0 spiro atoms. The minimum atomic E-state index is -0.699. The molecule has 3 nitrogen and oxygen atoms in total. The highest BCUT2D eigenvalue weighted by Gasteiger charge is 2.23. The summed E-state index contributed by atoms with van der Waals surface area (Å²) in [6.45, 7) is 4.32. The number of nitrogens with zero attached hydrogens (tertiary/aromatic N) is 1. The second-order valence-electron chi connectivity index (χ2n) is 4.47. The second-order valence-corrected chi connectivity index (χ2v) is 4.47. The van der Waals surface area contributed by atoms with Gasteiger partial charge in [-0.2, -0.15) is 0 Å². The maximum Gasteiger partial charge on any atom is 0.320 e. The predicted octanol–water partition coefficient (Wildman–Crippen LogP) is 2.61. The molecule has 3 heteroatoms. The fourth-order valence-corrected chi connectivity index (χ4v) is 1.83. The van der Waals surface area contributed by atoms with E-state index in [9.17, 15) is 4.79 Å². The zero-order valence-corrected chi connectivity index (χ0v) is 10.5. The summed E-state index contributed by atoms with van der Waals surface area (Å²) in [5, 5.41) is 9.07. The van der Waals surface area contributed by atoms with Crippen LogP contribution in [0.4, 0.5) is 0 Å². The average Bonchev–Trinajstić information content (AvgIpc) is 2.17. The third kappa shape index (κ3) is 5.78. The lowest BCUT2D eigenvalue weighted by atomic mass is 9.92. The Bertz CT molecular complexity index is 180. The highest BCUT2D eigenvalue weighted by molar-refractivity contribution is 5.73. The first-order chi connectivity index (χ1) is 7.02. The number of likely N-dealkylation sites (N-methyl/N-ethyl adjacent to an activating group) is 1. The summed E-state index contributed by atoms with van der Waals surface area (Å²) >= 11 is 0. The SMILES string of the molecule is CCCCC(CC)CC(C(=O)O)N(C)C. The van der Waals surface area contributed by atoms with Gasteiger partial charge in [0.15, 0.2) is 0 Å². The molecule has 15 heavy (non-hydrogen) atoms. The summed E-state index contributed by atoms with van der Waals surface area (Å²) < 4.78 is 0. The molecule has 0 radical (unpaired) electrons. The number of unbranched alkanes of at least 4 members (excludes halogenated alkanes) is 1. The molecular weight excluding hydrogens is 190 g/mol. The number of hydrogen-bond acceptors (Lipinski definition) is 2. The van der Waals surface area contributed by atoms with Gasteiger partial charge in [0, 0.05) is 0 Å². The third-order valence-corrected chi connectivity index (χ3v) is 3.01. The molecule has 0 saturated heterocycles. The summed E-state index contributed by atoms with van der Waals surface area (Å²) in [5.74, 6) is -0.150. The Kier molecular flexibility index (Phi) is 7.39. The summed E-state index contributed by atoms with van der Waals surface area (Å²) in [6.07, 6.45) is 5.41. The van der Waals surface area contributed by atoms with Crippen LogP contribution in [0, 0.1) is 5.92 Å². The monoisotopic (exact) mass is 215 g/mol. The van der Waals surface area contributed by atoms with Crippen molar-refractivity contribution in [2.75, 3.05) is 14.1 Å². The first-order valence-electron chi connectivity index (χ1n) is 5.92. The van der Waals surface area contributed by atoms with E-state index in [1.165, 1.54) is 12.8 Å². The van der Waals surface area contributed by atoms with Crippen molar-refractivity contribution in [3.05, 3.63) is 0 Å². The molecule has 0 aromatic carbocycles. The van der Waals surface area contributed by atoms with Crippen molar-refractivity contribution in [2.24, 2.45) is 5.92 Å². The van der Waals surface area contributed by atoms with Crippen LogP contribution in [0.3, 0.4) is 0 Å². The normalized spacial score (nSPS) is 15.3. The topological polar surface area (TPSA) is 40.5 Å². The van der Waals surface area contributed by atoms with Crippen molar-refractivity contribution in [3.63, 3.8) is 0 Å². The van der Waals surface area contributed by atoms with Crippen LogP contribution >= 0.6 is 0 Å². The third-order valence-electron chi connectivity index (χ3n) is 3.01. The zero-order chi connectivity index (χ0) is 11.8. The van der Waals surface area contributed by atoms with Gasteiger partial charge in [-0.1, -0.05) is 39.5 Å². The van der Waals surface area contributed by atoms with Crippen LogP contribution in [0.15, 0.2) is 0 Å². The van der Waals surface area contributed by atoms with Gasteiger partial charge in [-0.25, -0.2) is 0 Å². The molecule has 0 saturated carbocycles. The summed E-state index contributed by atoms with van der Waals surface area (Å²) in [5.41, 5.74) is 0. The van der Waals surface area contributed by atoms with Crippen LogP contribution < -0.4 is 0 Å². The van der Waals surface area contributed by atoms with Crippen LogP contribution in [0.1, 0.15) is 46.0 Å². The fraction of sp³-hybridized carbons (Fsp3) is 0.917. The molecule has 2 unspecified atom stereocenters. The molecule has 0 rings (SSSR count). The van der Waals surface area contributed by atoms with E-state index in [2.05, 4.69) is 13.8 Å². The van der Waals surface area contributed by atoms with Gasteiger partial charge < -0.3 is 5.11 Å². The Balaban J connectivity index is 4.16. The maximum atomic E-state index is 11.0. The zero-order valence-electron chi connectivity index (χ0n) is 10.5. The summed E-state index contributed by atoms with van der Waals surface area (Å²) in [7, 11) is 3.68. The number of aliphatic carboxylic acids is 1. The van der Waals surface area contributed by atoms with E-state index in [1.54, 1.807) is 4.90 Å². The lowest BCUT2D eigenvalue weighted by Gasteiger charge is -2.24. The number of hydrogen-bond donors (Lipinski definition) is 1. The quantitative estimate of drug-likeness (QED) is 0.676. The van der Waals surface area contributed by atoms with Gasteiger partial charge in [-0.05, 0) is 26.4 Å². The van der Waals surface area contributed by atoms with E-state index in [-0.39, 0.29) is 6.04 Å². The van der Waals surface area contributed by atoms with Crippen molar-refractivity contribution < 1.29 is 9.90 Å². The molecule has 0 fully saturated rings. The van der Waals surface area contributed by atoms with E-state index >= 15 is 0 Å². The molecule has 0 aromatic rings. The minimum Gasteiger partial charge on any atom is -0.480 e. The van der Waals surface area contributed by atoms with Crippen LogP contribution in [-0.4, -0.2) is 36.1 Å². The molecular formula is C12H25NO2. The van der Waals surface area contributed by atoms with Crippen molar-refractivity contribution in [2.45, 2.75) is 52.0 Å². The van der Waals surface area contributed by atoms with Gasteiger partial charge in [0.05, 0.1) is 0 Å². The van der Waals surface area contributed by atoms with Crippen LogP contribution in [-0.2, 0) is 4.79 Å². The molecule has 0 heterocycles. The molecule has 2 atom stereocenters. The maximum absolute atomic E-state index is 11.0. The van der Waals surface area contributed by atoms with E-state index in [0.717, 1.165) is 19.3 Å². The Morgan fingerprint density at radius 2 is 1.93 bits per heavy atom. The minimum absolute atomic E-state index is 0.327. The molecule has 0 aliphatic rings. The first kappa shape index (κ1) is 14.4. The van der Waals surface area contributed by atoms with Gasteiger partial charge in [0.25, 0.3) is 0 Å². The lowest BCUT2D eigenvalue weighted by molar-refractivity contribution is -0.143. The van der Waals surface area contributed by atoms with Crippen molar-refractivity contribution in [1.29, 1.82) is 0 Å². The molecule has 0 aliphatic heterocycles. The molecule has 90 valence electrons. The van der Waals surface area contributed by atoms with Crippen molar-refractivity contribution in [3.8, 4) is 0 Å². The largest absolute Gasteiger partial charge is 0.480 e. The van der Waals surface area contributed by atoms with Crippen molar-refractivity contribution >= 4 is 5.97 Å². The summed E-state index contributed by atoms with van der Waals surface area (Å²) in [6, 6.07) is -0.327. The van der Waals surface area contributed by atoms with Gasteiger partial charge in [-0.3, -0.25) is 9.69 Å². The number of rotatable bonds is 8. The van der Waals surface area contributed by atoms with Gasteiger partial charge in [0.1, 0.15) is 6.04 Å². The smallest absolute Gasteiger partial charge is 0.320 e. The standard InChI is InChI=1S/C12H25NO2/c1-5-7-8-10(6-2)9-11(12(14)15)13(3)4/h10-11H,5-9H2,1-4H3,(H,14,15). The molecule has 0 amide bonds. The predicted molar refractivity (Wildman–Crippen MR) is 63.0 cm³/mol. The Labute approximate surface area is 93.5 Å². The van der Waals surface area contributed by atoms with Crippen molar-refractivity contribution in [1.82, 2.24) is 4.90 Å². The van der Waals surface area contributed by atoms with Gasteiger partial charge in [-0.15, -0.1) is 0 Å². The average molecular weight is 215 g/mol. The highest BCUT2D eigenvalue weighted by atomic mass is 16.4. The van der Waals surface area contributed by atoms with Gasteiger partial charge >= 0.3 is 5.97 Å². The molecule has 1 N–H and O–H groups in total. The second kappa shape index (κ2) is 7.69. The van der Waals surface area contributed by atoms with E-state index in [1.807, 2.05) is 14.1 Å². The molecule has 0 bridgehead atoms. The molecule has 0 aromatic heterocycles. The fourth-order valence-electron chi connectivity index (χ4n) is 1.83. The highest BCUT2D eigenvalue weighted by Crippen LogP contribution is 2.20. The van der Waals surface area contributed by atoms with E-state index in [4.69, 9.17) is 5.11 Å². The Hall–Kier alpha value is -0.570. The Morgan fingerprint density at radius 1 is 1.33 bits per heavy atom.